The number of anilines is 2. The van der Waals surface area contributed by atoms with Crippen LogP contribution in [0, 0.1) is 0 Å². The maximum absolute atomic E-state index is 13.9. The molecule has 5 nitrogen and oxygen atoms in total. The van der Waals surface area contributed by atoms with E-state index in [2.05, 4.69) is 31.7 Å². The molecule has 2 aromatic carbocycles. The molecule has 0 radical (unpaired) electrons. The second kappa shape index (κ2) is 8.81. The summed E-state index contributed by atoms with van der Waals surface area (Å²) in [7, 11) is 0. The van der Waals surface area contributed by atoms with E-state index in [1.807, 2.05) is 0 Å². The molecule has 0 saturated heterocycles. The molecule has 0 aliphatic carbocycles. The number of hydrogen-bond donors (Lipinski definition) is 2. The third-order valence-electron chi connectivity index (χ3n) is 5.26. The van der Waals surface area contributed by atoms with Gasteiger partial charge in [0.2, 0.25) is 0 Å². The molecule has 2 heterocycles. The van der Waals surface area contributed by atoms with Crippen molar-refractivity contribution in [2.45, 2.75) is 30.9 Å². The van der Waals surface area contributed by atoms with Crippen LogP contribution in [0.25, 0.3) is 0 Å². The number of amides is 1. The second-order valence-electron chi connectivity index (χ2n) is 7.49. The van der Waals surface area contributed by atoms with E-state index in [9.17, 15) is 31.1 Å². The first-order chi connectivity index (χ1) is 15.9. The van der Waals surface area contributed by atoms with E-state index in [1.165, 1.54) is 6.07 Å². The van der Waals surface area contributed by atoms with E-state index in [-0.39, 0.29) is 5.82 Å². The maximum atomic E-state index is 13.9. The average molecular weight is 568 g/mol. The fraction of sp³-hybridized carbons (Fsp3) is 0.238. The molecule has 1 aromatic heterocycles. The Balaban J connectivity index is 1.71. The van der Waals surface area contributed by atoms with Gasteiger partial charge in [0, 0.05) is 10.9 Å². The minimum absolute atomic E-state index is 0.252. The van der Waals surface area contributed by atoms with E-state index in [0.29, 0.717) is 10.2 Å². The average Bonchev–Trinajstić information content (AvgIpc) is 3.09. The topological polar surface area (TPSA) is 59.0 Å². The zero-order valence-corrected chi connectivity index (χ0v) is 19.1. The minimum Gasteiger partial charge on any atom is -0.362 e. The molecule has 2 atom stereocenters. The van der Waals surface area contributed by atoms with Crippen molar-refractivity contribution in [1.82, 2.24) is 9.78 Å². The van der Waals surface area contributed by atoms with Crippen molar-refractivity contribution >= 4 is 44.9 Å². The van der Waals surface area contributed by atoms with Crippen LogP contribution in [0.15, 0.2) is 53.0 Å². The number of aromatic nitrogens is 2. The lowest BCUT2D eigenvalue weighted by Gasteiger charge is -2.33. The molecule has 4 rings (SSSR count). The summed E-state index contributed by atoms with van der Waals surface area (Å²) in [6, 6.07) is 7.89. The first-order valence-electron chi connectivity index (χ1n) is 9.70. The number of benzene rings is 2. The van der Waals surface area contributed by atoms with Crippen molar-refractivity contribution in [3.8, 4) is 0 Å². The number of fused-ring (bicyclic) bond motifs is 1. The standard InChI is InChI=1S/C21H14BrClF6N4O/c22-11-7-5-10(6-8-11)14-9-15(21(27,28)29)33-18(30-14)16(23)17(32-33)19(34)31-13-4-2-1-3-12(13)20(24,25)26/h1-8,14-15,30H,9H2,(H,31,34)/t14-,15-/m1/s1. The SMILES string of the molecule is O=C(Nc1ccccc1C(F)(F)F)c1nn2c(c1Cl)N[C@@H](c1ccc(Br)cc1)C[C@@H]2C(F)(F)F. The quantitative estimate of drug-likeness (QED) is 0.328. The first-order valence-corrected chi connectivity index (χ1v) is 10.9. The van der Waals surface area contributed by atoms with Gasteiger partial charge in [-0.15, -0.1) is 0 Å². The van der Waals surface area contributed by atoms with Gasteiger partial charge in [0.1, 0.15) is 10.8 Å². The predicted octanol–water partition coefficient (Wildman–Crippen LogP) is 7.23. The number of halogens is 8. The number of carbonyl (C=O) groups excluding carboxylic acids is 1. The Kier molecular flexibility index (Phi) is 6.32. The van der Waals surface area contributed by atoms with Gasteiger partial charge in [0.05, 0.1) is 17.3 Å². The van der Waals surface area contributed by atoms with Gasteiger partial charge >= 0.3 is 12.4 Å². The molecule has 34 heavy (non-hydrogen) atoms. The fourth-order valence-corrected chi connectivity index (χ4v) is 4.20. The lowest BCUT2D eigenvalue weighted by Crippen LogP contribution is -2.35. The van der Waals surface area contributed by atoms with Crippen LogP contribution in [0.1, 0.15) is 40.1 Å². The van der Waals surface area contributed by atoms with Crippen LogP contribution in [0.2, 0.25) is 5.02 Å². The zero-order valence-electron chi connectivity index (χ0n) is 16.8. The highest BCUT2D eigenvalue weighted by Crippen LogP contribution is 2.46. The predicted molar refractivity (Wildman–Crippen MR) is 117 cm³/mol. The zero-order chi connectivity index (χ0) is 24.8. The minimum atomic E-state index is -4.76. The molecule has 1 aliphatic rings. The van der Waals surface area contributed by atoms with E-state index < -0.39 is 58.7 Å². The van der Waals surface area contributed by atoms with Crippen LogP contribution in [-0.2, 0) is 6.18 Å². The monoisotopic (exact) mass is 566 g/mol. The van der Waals surface area contributed by atoms with E-state index in [1.54, 1.807) is 24.3 Å². The Morgan fingerprint density at radius 1 is 1.09 bits per heavy atom. The molecule has 0 spiro atoms. The highest BCUT2D eigenvalue weighted by Gasteiger charge is 2.48. The number of nitrogens with one attached hydrogen (secondary N) is 2. The van der Waals surface area contributed by atoms with Gasteiger partial charge in [0.15, 0.2) is 11.7 Å². The molecule has 2 N–H and O–H groups in total. The van der Waals surface area contributed by atoms with Crippen LogP contribution in [-0.4, -0.2) is 21.9 Å². The third-order valence-corrected chi connectivity index (χ3v) is 6.15. The molecule has 0 fully saturated rings. The normalized spacial score (nSPS) is 18.2. The van der Waals surface area contributed by atoms with Crippen LogP contribution in [0.3, 0.4) is 0 Å². The number of carbonyl (C=O) groups is 1. The van der Waals surface area contributed by atoms with Gasteiger partial charge in [-0.05, 0) is 29.8 Å². The van der Waals surface area contributed by atoms with Crippen LogP contribution in [0.4, 0.5) is 37.8 Å². The van der Waals surface area contributed by atoms with E-state index in [4.69, 9.17) is 11.6 Å². The highest BCUT2D eigenvalue weighted by molar-refractivity contribution is 9.10. The molecule has 180 valence electrons. The van der Waals surface area contributed by atoms with Crippen molar-refractivity contribution in [3.05, 3.63) is 74.8 Å². The summed E-state index contributed by atoms with van der Waals surface area (Å²) in [4.78, 5) is 12.7. The van der Waals surface area contributed by atoms with Crippen molar-refractivity contribution in [2.24, 2.45) is 0 Å². The van der Waals surface area contributed by atoms with Gasteiger partial charge in [0.25, 0.3) is 5.91 Å². The van der Waals surface area contributed by atoms with E-state index >= 15 is 0 Å². The summed E-state index contributed by atoms with van der Waals surface area (Å²) in [5.74, 6) is -1.43. The van der Waals surface area contributed by atoms with Gasteiger partial charge < -0.3 is 10.6 Å². The number of para-hydroxylation sites is 1. The van der Waals surface area contributed by atoms with Crippen molar-refractivity contribution in [1.29, 1.82) is 0 Å². The molecule has 0 bridgehead atoms. The largest absolute Gasteiger partial charge is 0.418 e. The van der Waals surface area contributed by atoms with Crippen LogP contribution < -0.4 is 10.6 Å². The summed E-state index contributed by atoms with van der Waals surface area (Å²) >= 11 is 9.49. The Labute approximate surface area is 202 Å². The Bertz CT molecular complexity index is 1230. The van der Waals surface area contributed by atoms with Crippen LogP contribution >= 0.6 is 27.5 Å². The van der Waals surface area contributed by atoms with E-state index in [0.717, 1.165) is 22.7 Å². The molecule has 0 saturated carbocycles. The fourth-order valence-electron chi connectivity index (χ4n) is 3.67. The number of nitrogens with zero attached hydrogens (tertiary/aromatic N) is 2. The lowest BCUT2D eigenvalue weighted by molar-refractivity contribution is -0.173. The Morgan fingerprint density at radius 2 is 1.74 bits per heavy atom. The van der Waals surface area contributed by atoms with Gasteiger partial charge in [-0.3, -0.25) is 4.79 Å². The molecule has 13 heteroatoms. The molecule has 0 unspecified atom stereocenters. The summed E-state index contributed by atoms with van der Waals surface area (Å²) in [5.41, 5.74) is -1.78. The number of hydrogen-bond acceptors (Lipinski definition) is 3. The third kappa shape index (κ3) is 4.74. The van der Waals surface area contributed by atoms with Crippen molar-refractivity contribution in [2.75, 3.05) is 10.6 Å². The van der Waals surface area contributed by atoms with Crippen molar-refractivity contribution < 1.29 is 31.1 Å². The molecule has 3 aromatic rings. The highest BCUT2D eigenvalue weighted by atomic mass is 79.9. The van der Waals surface area contributed by atoms with Gasteiger partial charge in [-0.1, -0.05) is 51.8 Å². The number of alkyl halides is 6. The second-order valence-corrected chi connectivity index (χ2v) is 8.79. The smallest absolute Gasteiger partial charge is 0.362 e. The molecule has 1 amide bonds. The summed E-state index contributed by atoms with van der Waals surface area (Å²) in [6.07, 6.45) is -9.92. The molecular weight excluding hydrogens is 554 g/mol. The summed E-state index contributed by atoms with van der Waals surface area (Å²) < 4.78 is 82.7. The summed E-state index contributed by atoms with van der Waals surface area (Å²) in [5, 5.41) is 8.22. The van der Waals surface area contributed by atoms with Crippen molar-refractivity contribution in [3.63, 3.8) is 0 Å². The Morgan fingerprint density at radius 3 is 2.35 bits per heavy atom. The molecule has 1 aliphatic heterocycles. The number of rotatable bonds is 3. The maximum Gasteiger partial charge on any atom is 0.418 e. The molecular formula is C21H14BrClF6N4O. The summed E-state index contributed by atoms with van der Waals surface area (Å²) in [6.45, 7) is 0. The lowest BCUT2D eigenvalue weighted by atomic mass is 9.97. The van der Waals surface area contributed by atoms with Gasteiger partial charge in [-0.2, -0.15) is 31.4 Å². The van der Waals surface area contributed by atoms with Crippen LogP contribution in [0.5, 0.6) is 0 Å². The first kappa shape index (κ1) is 24.4. The van der Waals surface area contributed by atoms with Gasteiger partial charge in [-0.25, -0.2) is 4.68 Å². The Hall–Kier alpha value is -2.73.